The van der Waals surface area contributed by atoms with Gasteiger partial charge in [-0.2, -0.15) is 13.2 Å². The Kier molecular flexibility index (Phi) is 8.43. The number of carbonyl (C=O) groups excluding carboxylic acids is 1. The van der Waals surface area contributed by atoms with E-state index in [2.05, 4.69) is 20.2 Å². The fraction of sp³-hybridized carbons (Fsp3) is 0.577. The molecule has 2 aromatic heterocycles. The first-order chi connectivity index (χ1) is 17.9. The Labute approximate surface area is 220 Å². The van der Waals surface area contributed by atoms with E-state index in [9.17, 15) is 31.5 Å². The van der Waals surface area contributed by atoms with Gasteiger partial charge in [-0.3, -0.25) is 19.7 Å². The fourth-order valence-corrected chi connectivity index (χ4v) is 6.05. The zero-order valence-corrected chi connectivity index (χ0v) is 22.2. The van der Waals surface area contributed by atoms with Crippen LogP contribution < -0.4 is 5.32 Å². The molecule has 3 heterocycles. The van der Waals surface area contributed by atoms with Crippen LogP contribution in [0.2, 0.25) is 0 Å². The zero-order chi connectivity index (χ0) is 27.7. The standard InChI is InChI=1S/C26H33F3N4O4S/c1-3-23-24-18(14-33(23)13-16-4-6-19(7-5-16)26(27,28)29)10-17(11-31-24)25(35)32-22(15-34)21-9-8-20(12-30-21)38(2,36)37/h8-12,16,19,22-23,34H,3-7,13-15H2,1-2H3,(H,32,35)/t16?,19?,22-,23-/m0/s1. The van der Waals surface area contributed by atoms with Gasteiger partial charge in [0.15, 0.2) is 9.84 Å². The lowest BCUT2D eigenvalue weighted by Gasteiger charge is -2.33. The van der Waals surface area contributed by atoms with Gasteiger partial charge in [0, 0.05) is 31.7 Å². The van der Waals surface area contributed by atoms with Crippen LogP contribution in [-0.4, -0.2) is 59.9 Å². The summed E-state index contributed by atoms with van der Waals surface area (Å²) in [6.07, 6.45) is 1.87. The van der Waals surface area contributed by atoms with Gasteiger partial charge in [0.2, 0.25) is 0 Å². The highest BCUT2D eigenvalue weighted by atomic mass is 32.2. The predicted octanol–water partition coefficient (Wildman–Crippen LogP) is 3.98. The minimum Gasteiger partial charge on any atom is -0.394 e. The highest BCUT2D eigenvalue weighted by Crippen LogP contribution is 2.42. The molecule has 2 N–H and O–H groups in total. The van der Waals surface area contributed by atoms with Crippen LogP contribution in [0.4, 0.5) is 13.2 Å². The van der Waals surface area contributed by atoms with Crippen molar-refractivity contribution in [1.29, 1.82) is 0 Å². The SMILES string of the molecule is CC[C@H]1c2ncc(C(=O)N[C@@H](CO)c3ccc(S(C)(=O)=O)cn3)cc2CN1CC1CCC(C(F)(F)F)CC1. The number of hydrogen-bond donors (Lipinski definition) is 2. The largest absolute Gasteiger partial charge is 0.394 e. The summed E-state index contributed by atoms with van der Waals surface area (Å²) in [5.41, 5.74) is 2.42. The number of nitrogens with zero attached hydrogens (tertiary/aromatic N) is 3. The number of amides is 1. The number of aromatic nitrogens is 2. The summed E-state index contributed by atoms with van der Waals surface area (Å²) in [6.45, 7) is 2.88. The van der Waals surface area contributed by atoms with E-state index in [-0.39, 0.29) is 29.7 Å². The van der Waals surface area contributed by atoms with Gasteiger partial charge >= 0.3 is 6.18 Å². The Balaban J connectivity index is 1.41. The van der Waals surface area contributed by atoms with E-state index in [1.807, 2.05) is 6.92 Å². The third kappa shape index (κ3) is 6.35. The molecule has 0 unspecified atom stereocenters. The van der Waals surface area contributed by atoms with Crippen LogP contribution in [0, 0.1) is 11.8 Å². The highest BCUT2D eigenvalue weighted by molar-refractivity contribution is 7.90. The molecule has 38 heavy (non-hydrogen) atoms. The molecule has 0 saturated heterocycles. The minimum atomic E-state index is -4.12. The number of aliphatic hydroxyl groups is 1. The summed E-state index contributed by atoms with van der Waals surface area (Å²) >= 11 is 0. The maximum absolute atomic E-state index is 13.0. The van der Waals surface area contributed by atoms with Crippen molar-refractivity contribution in [2.45, 2.75) is 68.7 Å². The normalized spacial score (nSPS) is 23.2. The van der Waals surface area contributed by atoms with Crippen LogP contribution in [0.1, 0.15) is 78.4 Å². The second-order valence-corrected chi connectivity index (χ2v) is 12.3. The molecule has 2 aliphatic rings. The molecule has 2 atom stereocenters. The van der Waals surface area contributed by atoms with Crippen molar-refractivity contribution in [1.82, 2.24) is 20.2 Å². The van der Waals surface area contributed by atoms with Crippen molar-refractivity contribution in [2.75, 3.05) is 19.4 Å². The molecule has 1 aliphatic heterocycles. The Morgan fingerprint density at radius 3 is 2.45 bits per heavy atom. The van der Waals surface area contributed by atoms with Gasteiger partial charge in [-0.05, 0) is 61.8 Å². The van der Waals surface area contributed by atoms with E-state index in [4.69, 9.17) is 0 Å². The van der Waals surface area contributed by atoms with E-state index in [1.54, 1.807) is 6.07 Å². The van der Waals surface area contributed by atoms with Crippen LogP contribution in [0.5, 0.6) is 0 Å². The van der Waals surface area contributed by atoms with E-state index in [1.165, 1.54) is 24.5 Å². The maximum atomic E-state index is 13.0. The molecule has 1 fully saturated rings. The van der Waals surface area contributed by atoms with E-state index in [0.29, 0.717) is 37.2 Å². The van der Waals surface area contributed by atoms with Gasteiger partial charge in [-0.1, -0.05) is 6.92 Å². The number of rotatable bonds is 8. The van der Waals surface area contributed by atoms with Crippen LogP contribution in [-0.2, 0) is 16.4 Å². The zero-order valence-electron chi connectivity index (χ0n) is 21.4. The second kappa shape index (κ2) is 11.3. The Hall–Kier alpha value is -2.57. The number of halogens is 3. The summed E-state index contributed by atoms with van der Waals surface area (Å²) in [7, 11) is -3.42. The first kappa shape index (κ1) is 28.4. The van der Waals surface area contributed by atoms with E-state index < -0.39 is 40.5 Å². The number of nitrogens with one attached hydrogen (secondary N) is 1. The van der Waals surface area contributed by atoms with Gasteiger partial charge in [0.25, 0.3) is 5.91 Å². The molecule has 1 saturated carbocycles. The molecule has 12 heteroatoms. The van der Waals surface area contributed by atoms with E-state index in [0.717, 1.165) is 23.9 Å². The van der Waals surface area contributed by atoms with Gasteiger partial charge < -0.3 is 10.4 Å². The molecule has 2 aromatic rings. The average Bonchev–Trinajstić information content (AvgIpc) is 3.22. The van der Waals surface area contributed by atoms with Gasteiger partial charge in [-0.25, -0.2) is 8.42 Å². The summed E-state index contributed by atoms with van der Waals surface area (Å²) in [5.74, 6) is -1.45. The monoisotopic (exact) mass is 554 g/mol. The lowest BCUT2D eigenvalue weighted by Crippen LogP contribution is -2.33. The smallest absolute Gasteiger partial charge is 0.391 e. The number of aliphatic hydroxyl groups excluding tert-OH is 1. The summed E-state index contributed by atoms with van der Waals surface area (Å²) in [5, 5.41) is 12.5. The number of fused-ring (bicyclic) bond motifs is 1. The molecule has 0 bridgehead atoms. The number of hydrogen-bond acceptors (Lipinski definition) is 7. The minimum absolute atomic E-state index is 0.0375. The molecule has 208 valence electrons. The van der Waals surface area contributed by atoms with Gasteiger partial charge in [0.05, 0.1) is 46.5 Å². The summed E-state index contributed by atoms with van der Waals surface area (Å²) in [6, 6.07) is 3.81. The average molecular weight is 555 g/mol. The van der Waals surface area contributed by atoms with Crippen molar-refractivity contribution >= 4 is 15.7 Å². The molecule has 1 amide bonds. The summed E-state index contributed by atoms with van der Waals surface area (Å²) < 4.78 is 62.4. The quantitative estimate of drug-likeness (QED) is 0.508. The molecule has 8 nitrogen and oxygen atoms in total. The number of sulfone groups is 1. The van der Waals surface area contributed by atoms with Crippen molar-refractivity contribution in [2.24, 2.45) is 11.8 Å². The molecule has 1 aliphatic carbocycles. The molecule has 0 radical (unpaired) electrons. The van der Waals surface area contributed by atoms with Crippen molar-refractivity contribution in [3.05, 3.63) is 53.1 Å². The molecule has 0 aromatic carbocycles. The Morgan fingerprint density at radius 1 is 1.18 bits per heavy atom. The molecule has 0 spiro atoms. The predicted molar refractivity (Wildman–Crippen MR) is 134 cm³/mol. The molecule has 4 rings (SSSR count). The lowest BCUT2D eigenvalue weighted by atomic mass is 9.81. The Morgan fingerprint density at radius 2 is 1.89 bits per heavy atom. The van der Waals surface area contributed by atoms with Gasteiger partial charge in [0.1, 0.15) is 0 Å². The maximum Gasteiger partial charge on any atom is 0.391 e. The van der Waals surface area contributed by atoms with Crippen LogP contribution >= 0.6 is 0 Å². The second-order valence-electron chi connectivity index (χ2n) is 10.3. The van der Waals surface area contributed by atoms with Crippen LogP contribution in [0.15, 0.2) is 35.5 Å². The summed E-state index contributed by atoms with van der Waals surface area (Å²) in [4.78, 5) is 23.9. The third-order valence-electron chi connectivity index (χ3n) is 7.61. The topological polar surface area (TPSA) is 112 Å². The lowest BCUT2D eigenvalue weighted by molar-refractivity contribution is -0.184. The number of alkyl halides is 3. The van der Waals surface area contributed by atoms with Gasteiger partial charge in [-0.15, -0.1) is 0 Å². The van der Waals surface area contributed by atoms with Crippen LogP contribution in [0.3, 0.4) is 0 Å². The van der Waals surface area contributed by atoms with Crippen molar-refractivity contribution in [3.8, 4) is 0 Å². The van der Waals surface area contributed by atoms with Crippen molar-refractivity contribution in [3.63, 3.8) is 0 Å². The van der Waals surface area contributed by atoms with E-state index >= 15 is 0 Å². The van der Waals surface area contributed by atoms with Crippen molar-refractivity contribution < 1.29 is 31.5 Å². The Bertz CT molecular complexity index is 1250. The number of carbonyl (C=O) groups is 1. The number of pyridine rings is 2. The molecular formula is C26H33F3N4O4S. The van der Waals surface area contributed by atoms with Crippen LogP contribution in [0.25, 0.3) is 0 Å². The first-order valence-corrected chi connectivity index (χ1v) is 14.7. The first-order valence-electron chi connectivity index (χ1n) is 12.8. The highest BCUT2D eigenvalue weighted by Gasteiger charge is 2.42. The third-order valence-corrected chi connectivity index (χ3v) is 8.71. The molecular weight excluding hydrogens is 521 g/mol. The fourth-order valence-electron chi connectivity index (χ4n) is 5.49.